The summed E-state index contributed by atoms with van der Waals surface area (Å²) in [5.74, 6) is 0.754. The highest BCUT2D eigenvalue weighted by Gasteiger charge is 2.30. The molecular formula is C64H124O17P2. The van der Waals surface area contributed by atoms with Gasteiger partial charge in [0.15, 0.2) is 12.2 Å². The molecule has 0 aliphatic carbocycles. The monoisotopic (exact) mass is 1230 g/mol. The molecule has 0 radical (unpaired) electrons. The molecule has 0 heterocycles. The molecule has 19 heteroatoms. The van der Waals surface area contributed by atoms with E-state index in [0.29, 0.717) is 37.5 Å². The summed E-state index contributed by atoms with van der Waals surface area (Å²) >= 11 is 0. The number of phosphoric ester groups is 2. The van der Waals surface area contributed by atoms with Crippen molar-refractivity contribution in [2.24, 2.45) is 23.7 Å². The van der Waals surface area contributed by atoms with Gasteiger partial charge in [-0.3, -0.25) is 37.3 Å². The molecule has 83 heavy (non-hydrogen) atoms. The highest BCUT2D eigenvalue weighted by atomic mass is 31.2. The Morgan fingerprint density at radius 1 is 0.337 bits per heavy atom. The van der Waals surface area contributed by atoms with Gasteiger partial charge in [0.25, 0.3) is 0 Å². The standard InChI is InChI=1S/C64H124O17P2/c1-9-57(8)43-35-27-19-11-13-21-30-38-46-63(68)80-59(50-74-61(66)44-36-28-20-12-10-16-24-32-40-54(2)3)52-78-82(70,71)76-48-58(65)49-77-83(72,73)79-53-60(81-64(69)47-39-31-23-15-18-26-34-42-56(6)7)51-75-62(67)45-37-29-22-14-17-25-33-41-55(4)5/h54-60,65H,9-53H2,1-8H3,(H,70,71)(H,72,73)/t57?,58?,59-,60-/m1/s1. The maximum atomic E-state index is 13.0. The number of phosphoric acid groups is 2. The molecule has 0 saturated heterocycles. The van der Waals surface area contributed by atoms with E-state index in [2.05, 4.69) is 55.4 Å². The topological polar surface area (TPSA) is 237 Å². The normalized spacial score (nSPS) is 14.8. The fourth-order valence-corrected chi connectivity index (χ4v) is 11.0. The third-order valence-electron chi connectivity index (χ3n) is 14.9. The minimum Gasteiger partial charge on any atom is -0.462 e. The smallest absolute Gasteiger partial charge is 0.462 e. The summed E-state index contributed by atoms with van der Waals surface area (Å²) in [7, 11) is -9.89. The molecule has 6 atom stereocenters. The number of carbonyl (C=O) groups excluding carboxylic acids is 4. The number of unbranched alkanes of at least 4 members (excludes halogenated alkanes) is 26. The van der Waals surface area contributed by atoms with E-state index < -0.39 is 97.5 Å². The van der Waals surface area contributed by atoms with Gasteiger partial charge in [0.2, 0.25) is 0 Å². The molecule has 3 N–H and O–H groups in total. The molecule has 0 saturated carbocycles. The number of esters is 4. The van der Waals surface area contributed by atoms with Crippen LogP contribution in [0, 0.1) is 23.7 Å². The van der Waals surface area contributed by atoms with Crippen molar-refractivity contribution in [3.05, 3.63) is 0 Å². The number of rotatable bonds is 61. The lowest BCUT2D eigenvalue weighted by molar-refractivity contribution is -0.161. The molecule has 0 aromatic rings. The number of hydrogen-bond acceptors (Lipinski definition) is 15. The summed E-state index contributed by atoms with van der Waals surface area (Å²) in [6.45, 7) is 13.9. The molecule has 0 aliphatic rings. The van der Waals surface area contributed by atoms with E-state index in [0.717, 1.165) is 108 Å². The fraction of sp³-hybridized carbons (Fsp3) is 0.938. The first-order chi connectivity index (χ1) is 39.6. The Hall–Kier alpha value is -1.94. The highest BCUT2D eigenvalue weighted by molar-refractivity contribution is 7.47. The Morgan fingerprint density at radius 2 is 0.578 bits per heavy atom. The van der Waals surface area contributed by atoms with Crippen LogP contribution < -0.4 is 0 Å². The van der Waals surface area contributed by atoms with Crippen LogP contribution in [0.2, 0.25) is 0 Å². The van der Waals surface area contributed by atoms with Crippen molar-refractivity contribution in [2.45, 2.75) is 324 Å². The van der Waals surface area contributed by atoms with Crippen LogP contribution in [0.15, 0.2) is 0 Å². The van der Waals surface area contributed by atoms with Crippen molar-refractivity contribution in [1.82, 2.24) is 0 Å². The minimum atomic E-state index is -4.95. The molecule has 4 unspecified atom stereocenters. The van der Waals surface area contributed by atoms with Crippen molar-refractivity contribution in [1.29, 1.82) is 0 Å². The van der Waals surface area contributed by atoms with Crippen molar-refractivity contribution in [3.63, 3.8) is 0 Å². The van der Waals surface area contributed by atoms with Gasteiger partial charge in [0.05, 0.1) is 26.4 Å². The van der Waals surface area contributed by atoms with Gasteiger partial charge in [-0.1, -0.05) is 254 Å². The molecule has 0 aromatic carbocycles. The zero-order chi connectivity index (χ0) is 61.8. The maximum absolute atomic E-state index is 13.0. The van der Waals surface area contributed by atoms with Crippen LogP contribution in [0.5, 0.6) is 0 Å². The number of carbonyl (C=O) groups is 4. The summed E-state index contributed by atoms with van der Waals surface area (Å²) in [4.78, 5) is 72.2. The third kappa shape index (κ3) is 57.6. The molecule has 0 spiro atoms. The van der Waals surface area contributed by atoms with E-state index >= 15 is 0 Å². The van der Waals surface area contributed by atoms with Crippen LogP contribution in [-0.2, 0) is 65.4 Å². The van der Waals surface area contributed by atoms with Crippen LogP contribution >= 0.6 is 15.6 Å². The second-order valence-electron chi connectivity index (χ2n) is 24.8. The quantitative estimate of drug-likeness (QED) is 0.0222. The SMILES string of the molecule is CCC(C)CCCCCCCCCCC(=O)O[C@H](COC(=O)CCCCCCCCCCC(C)C)COP(=O)(O)OCC(O)COP(=O)(O)OC[C@@H](COC(=O)CCCCCCCCCC(C)C)OC(=O)CCCCCCCCCC(C)C. The Balaban J connectivity index is 5.26. The van der Waals surface area contributed by atoms with Crippen LogP contribution in [0.3, 0.4) is 0 Å². The maximum Gasteiger partial charge on any atom is 0.472 e. The van der Waals surface area contributed by atoms with Crippen LogP contribution in [0.1, 0.15) is 306 Å². The van der Waals surface area contributed by atoms with Gasteiger partial charge in [-0.25, -0.2) is 9.13 Å². The van der Waals surface area contributed by atoms with Crippen molar-refractivity contribution in [3.8, 4) is 0 Å². The Morgan fingerprint density at radius 3 is 0.855 bits per heavy atom. The predicted molar refractivity (Wildman–Crippen MR) is 331 cm³/mol. The van der Waals surface area contributed by atoms with Crippen molar-refractivity contribution >= 4 is 39.5 Å². The lowest BCUT2D eigenvalue weighted by Gasteiger charge is -2.21. The molecule has 0 aromatic heterocycles. The summed E-state index contributed by atoms with van der Waals surface area (Å²) in [6.07, 6.45) is 33.6. The van der Waals surface area contributed by atoms with Gasteiger partial charge < -0.3 is 33.8 Å². The highest BCUT2D eigenvalue weighted by Crippen LogP contribution is 2.45. The van der Waals surface area contributed by atoms with Crippen molar-refractivity contribution in [2.75, 3.05) is 39.6 Å². The van der Waals surface area contributed by atoms with E-state index in [1.54, 1.807) is 0 Å². The molecule has 0 fully saturated rings. The van der Waals surface area contributed by atoms with E-state index in [-0.39, 0.29) is 25.7 Å². The summed E-state index contributed by atoms with van der Waals surface area (Å²) < 4.78 is 68.0. The van der Waals surface area contributed by atoms with Gasteiger partial charge in [-0.05, 0) is 49.4 Å². The average molecular weight is 1230 g/mol. The van der Waals surface area contributed by atoms with E-state index in [9.17, 15) is 43.2 Å². The van der Waals surface area contributed by atoms with Gasteiger partial charge >= 0.3 is 39.5 Å². The number of aliphatic hydroxyl groups is 1. The predicted octanol–water partition coefficient (Wildman–Crippen LogP) is 17.4. The first kappa shape index (κ1) is 81.1. The minimum absolute atomic E-state index is 0.102. The zero-order valence-corrected chi connectivity index (χ0v) is 55.6. The third-order valence-corrected chi connectivity index (χ3v) is 16.8. The van der Waals surface area contributed by atoms with E-state index in [1.165, 1.54) is 103 Å². The Bertz CT molecular complexity index is 1660. The van der Waals surface area contributed by atoms with Crippen LogP contribution in [-0.4, -0.2) is 96.7 Å². The molecular weight excluding hydrogens is 1100 g/mol. The second-order valence-corrected chi connectivity index (χ2v) is 27.7. The molecule has 0 bridgehead atoms. The van der Waals surface area contributed by atoms with Gasteiger partial charge in [-0.2, -0.15) is 0 Å². The Labute approximate surface area is 505 Å². The van der Waals surface area contributed by atoms with E-state index in [1.807, 2.05) is 0 Å². The number of hydrogen-bond donors (Lipinski definition) is 3. The number of aliphatic hydroxyl groups excluding tert-OH is 1. The second kappa shape index (κ2) is 54.2. The molecule has 0 aliphatic heterocycles. The molecule has 492 valence electrons. The van der Waals surface area contributed by atoms with Gasteiger partial charge in [0, 0.05) is 25.7 Å². The van der Waals surface area contributed by atoms with Crippen molar-refractivity contribution < 1.29 is 80.2 Å². The van der Waals surface area contributed by atoms with Gasteiger partial charge in [-0.15, -0.1) is 0 Å². The summed E-state index contributed by atoms with van der Waals surface area (Å²) in [6, 6.07) is 0. The van der Waals surface area contributed by atoms with Crippen LogP contribution in [0.4, 0.5) is 0 Å². The molecule has 0 rings (SSSR count). The lowest BCUT2D eigenvalue weighted by atomic mass is 9.99. The van der Waals surface area contributed by atoms with E-state index in [4.69, 9.17) is 37.0 Å². The van der Waals surface area contributed by atoms with Crippen LogP contribution in [0.25, 0.3) is 0 Å². The average Bonchev–Trinajstić information content (AvgIpc) is 3.43. The summed E-state index contributed by atoms with van der Waals surface area (Å²) in [5.41, 5.74) is 0. The lowest BCUT2D eigenvalue weighted by Crippen LogP contribution is -2.30. The first-order valence-electron chi connectivity index (χ1n) is 33.2. The molecule has 17 nitrogen and oxygen atoms in total. The number of ether oxygens (including phenoxy) is 4. The fourth-order valence-electron chi connectivity index (χ4n) is 9.40. The largest absolute Gasteiger partial charge is 0.472 e. The first-order valence-corrected chi connectivity index (χ1v) is 36.2. The summed E-state index contributed by atoms with van der Waals surface area (Å²) in [5, 5.41) is 10.5. The molecule has 0 amide bonds. The Kier molecular flexibility index (Phi) is 53.0. The van der Waals surface area contributed by atoms with Gasteiger partial charge in [0.1, 0.15) is 19.3 Å². The zero-order valence-electron chi connectivity index (χ0n) is 53.8.